The second-order valence-electron chi connectivity index (χ2n) is 4.29. The molecule has 1 heterocycles. The molecule has 1 fully saturated rings. The number of halogens is 1. The Morgan fingerprint density at radius 1 is 1.56 bits per heavy atom. The van der Waals surface area contributed by atoms with Crippen molar-refractivity contribution in [3.05, 3.63) is 34.9 Å². The molecule has 1 aromatic carbocycles. The fourth-order valence-corrected chi connectivity index (χ4v) is 2.20. The lowest BCUT2D eigenvalue weighted by molar-refractivity contribution is -0.121. The van der Waals surface area contributed by atoms with E-state index in [1.165, 1.54) is 0 Å². The number of rotatable bonds is 4. The van der Waals surface area contributed by atoms with Crippen LogP contribution in [0.2, 0.25) is 5.02 Å². The van der Waals surface area contributed by atoms with Gasteiger partial charge in [-0.1, -0.05) is 23.7 Å². The SMILES string of the molecule is CO[C@H]1COC[C@@H]1NC(=O)Cc1cccc(Cl)c1. The van der Waals surface area contributed by atoms with Gasteiger partial charge in [0.25, 0.3) is 0 Å². The van der Waals surface area contributed by atoms with E-state index in [1.54, 1.807) is 19.2 Å². The molecule has 1 amide bonds. The van der Waals surface area contributed by atoms with Gasteiger partial charge in [-0.15, -0.1) is 0 Å². The largest absolute Gasteiger partial charge is 0.377 e. The summed E-state index contributed by atoms with van der Waals surface area (Å²) in [4.78, 5) is 11.9. The Morgan fingerprint density at radius 2 is 2.39 bits per heavy atom. The Morgan fingerprint density at radius 3 is 3.11 bits per heavy atom. The van der Waals surface area contributed by atoms with Crippen molar-refractivity contribution < 1.29 is 14.3 Å². The highest BCUT2D eigenvalue weighted by molar-refractivity contribution is 6.30. The fraction of sp³-hybridized carbons (Fsp3) is 0.462. The zero-order chi connectivity index (χ0) is 13.0. The minimum atomic E-state index is -0.0679. The van der Waals surface area contributed by atoms with Crippen LogP contribution in [-0.2, 0) is 20.7 Å². The number of hydrogen-bond acceptors (Lipinski definition) is 3. The second kappa shape index (κ2) is 6.18. The minimum absolute atomic E-state index is 0.0465. The van der Waals surface area contributed by atoms with Gasteiger partial charge in [-0.25, -0.2) is 0 Å². The Balaban J connectivity index is 1.89. The summed E-state index contributed by atoms with van der Waals surface area (Å²) in [6, 6.07) is 7.22. The van der Waals surface area contributed by atoms with Crippen LogP contribution in [0.5, 0.6) is 0 Å². The first kappa shape index (κ1) is 13.3. The smallest absolute Gasteiger partial charge is 0.224 e. The maximum Gasteiger partial charge on any atom is 0.224 e. The van der Waals surface area contributed by atoms with Gasteiger partial charge in [-0.2, -0.15) is 0 Å². The summed E-state index contributed by atoms with van der Waals surface area (Å²) in [7, 11) is 1.62. The number of methoxy groups -OCH3 is 1. The summed E-state index contributed by atoms with van der Waals surface area (Å²) in [5.74, 6) is -0.0465. The summed E-state index contributed by atoms with van der Waals surface area (Å²) >= 11 is 5.87. The fourth-order valence-electron chi connectivity index (χ4n) is 1.99. The van der Waals surface area contributed by atoms with Gasteiger partial charge < -0.3 is 14.8 Å². The van der Waals surface area contributed by atoms with E-state index in [1.807, 2.05) is 12.1 Å². The van der Waals surface area contributed by atoms with E-state index in [0.717, 1.165) is 5.56 Å². The molecule has 4 nitrogen and oxygen atoms in total. The molecule has 0 bridgehead atoms. The molecule has 0 unspecified atom stereocenters. The molecule has 0 saturated carbocycles. The van der Waals surface area contributed by atoms with Gasteiger partial charge in [-0.3, -0.25) is 4.79 Å². The Labute approximate surface area is 111 Å². The molecule has 2 atom stereocenters. The first-order valence-electron chi connectivity index (χ1n) is 5.83. The van der Waals surface area contributed by atoms with E-state index in [4.69, 9.17) is 21.1 Å². The summed E-state index contributed by atoms with van der Waals surface area (Å²) in [5.41, 5.74) is 0.896. The third-order valence-electron chi connectivity index (χ3n) is 2.93. The van der Waals surface area contributed by atoms with Gasteiger partial charge in [-0.05, 0) is 17.7 Å². The van der Waals surface area contributed by atoms with Gasteiger partial charge in [0.2, 0.25) is 5.91 Å². The minimum Gasteiger partial charge on any atom is -0.377 e. The zero-order valence-electron chi connectivity index (χ0n) is 10.2. The third-order valence-corrected chi connectivity index (χ3v) is 3.17. The standard InChI is InChI=1S/C13H16ClNO3/c1-17-12-8-18-7-11(12)15-13(16)6-9-3-2-4-10(14)5-9/h2-5,11-12H,6-8H2,1H3,(H,15,16)/t11-,12-/m0/s1. The van der Waals surface area contributed by atoms with E-state index in [0.29, 0.717) is 24.7 Å². The molecule has 0 aliphatic carbocycles. The molecule has 2 rings (SSSR count). The molecule has 1 aliphatic heterocycles. The van der Waals surface area contributed by atoms with Crippen molar-refractivity contribution in [3.8, 4) is 0 Å². The van der Waals surface area contributed by atoms with Crippen LogP contribution in [0.15, 0.2) is 24.3 Å². The summed E-state index contributed by atoms with van der Waals surface area (Å²) in [6.07, 6.45) is 0.251. The lowest BCUT2D eigenvalue weighted by Gasteiger charge is -2.17. The molecule has 98 valence electrons. The van der Waals surface area contributed by atoms with E-state index < -0.39 is 0 Å². The molecular formula is C13H16ClNO3. The van der Waals surface area contributed by atoms with Crippen LogP contribution in [0.4, 0.5) is 0 Å². The van der Waals surface area contributed by atoms with Crippen LogP contribution in [0, 0.1) is 0 Å². The van der Waals surface area contributed by atoms with Crippen LogP contribution in [0.1, 0.15) is 5.56 Å². The second-order valence-corrected chi connectivity index (χ2v) is 4.73. The van der Waals surface area contributed by atoms with Crippen molar-refractivity contribution >= 4 is 17.5 Å². The van der Waals surface area contributed by atoms with Crippen molar-refractivity contribution in [2.24, 2.45) is 0 Å². The molecule has 0 aromatic heterocycles. The van der Waals surface area contributed by atoms with Crippen molar-refractivity contribution in [1.29, 1.82) is 0 Å². The van der Waals surface area contributed by atoms with Gasteiger partial charge >= 0.3 is 0 Å². The average molecular weight is 270 g/mol. The summed E-state index contributed by atoms with van der Waals surface area (Å²) in [5, 5.41) is 3.55. The maximum absolute atomic E-state index is 11.9. The Hall–Kier alpha value is -1.10. The quantitative estimate of drug-likeness (QED) is 0.899. The number of hydrogen-bond donors (Lipinski definition) is 1. The number of nitrogens with one attached hydrogen (secondary N) is 1. The molecule has 0 radical (unpaired) electrons. The van der Waals surface area contributed by atoms with Gasteiger partial charge in [0, 0.05) is 12.1 Å². The summed E-state index contributed by atoms with van der Waals surface area (Å²) in [6.45, 7) is 1.03. The van der Waals surface area contributed by atoms with Crippen molar-refractivity contribution in [3.63, 3.8) is 0 Å². The van der Waals surface area contributed by atoms with E-state index in [9.17, 15) is 4.79 Å². The molecule has 5 heteroatoms. The highest BCUT2D eigenvalue weighted by atomic mass is 35.5. The molecule has 1 N–H and O–H groups in total. The summed E-state index contributed by atoms with van der Waals surface area (Å²) < 4.78 is 10.5. The Kier molecular flexibility index (Phi) is 4.58. The van der Waals surface area contributed by atoms with Crippen LogP contribution < -0.4 is 5.32 Å². The highest BCUT2D eigenvalue weighted by Crippen LogP contribution is 2.12. The van der Waals surface area contributed by atoms with Gasteiger partial charge in [0.1, 0.15) is 6.10 Å². The van der Waals surface area contributed by atoms with Crippen molar-refractivity contribution in [1.82, 2.24) is 5.32 Å². The van der Waals surface area contributed by atoms with Crippen LogP contribution in [0.3, 0.4) is 0 Å². The van der Waals surface area contributed by atoms with Crippen molar-refractivity contribution in [2.75, 3.05) is 20.3 Å². The molecule has 1 aromatic rings. The van der Waals surface area contributed by atoms with Gasteiger partial charge in [0.15, 0.2) is 0 Å². The molecule has 1 saturated heterocycles. The number of benzene rings is 1. The third kappa shape index (κ3) is 3.45. The van der Waals surface area contributed by atoms with Crippen LogP contribution in [0.25, 0.3) is 0 Å². The van der Waals surface area contributed by atoms with Crippen LogP contribution >= 0.6 is 11.6 Å². The first-order valence-corrected chi connectivity index (χ1v) is 6.21. The molecule has 1 aliphatic rings. The first-order chi connectivity index (χ1) is 8.69. The van der Waals surface area contributed by atoms with E-state index in [-0.39, 0.29) is 18.1 Å². The Bertz CT molecular complexity index is 424. The van der Waals surface area contributed by atoms with E-state index >= 15 is 0 Å². The lowest BCUT2D eigenvalue weighted by atomic mass is 10.1. The highest BCUT2D eigenvalue weighted by Gasteiger charge is 2.29. The number of ether oxygens (including phenoxy) is 2. The zero-order valence-corrected chi connectivity index (χ0v) is 10.9. The normalized spacial score (nSPS) is 23.0. The predicted molar refractivity (Wildman–Crippen MR) is 68.7 cm³/mol. The number of amides is 1. The lowest BCUT2D eigenvalue weighted by Crippen LogP contribution is -2.44. The molecule has 0 spiro atoms. The maximum atomic E-state index is 11.9. The molecular weight excluding hydrogens is 254 g/mol. The van der Waals surface area contributed by atoms with E-state index in [2.05, 4.69) is 5.32 Å². The number of carbonyl (C=O) groups excluding carboxylic acids is 1. The predicted octanol–water partition coefficient (Wildman–Crippen LogP) is 1.41. The topological polar surface area (TPSA) is 47.6 Å². The monoisotopic (exact) mass is 269 g/mol. The van der Waals surface area contributed by atoms with Crippen LogP contribution in [-0.4, -0.2) is 38.4 Å². The molecule has 18 heavy (non-hydrogen) atoms. The average Bonchev–Trinajstić information content (AvgIpc) is 2.76. The van der Waals surface area contributed by atoms with Gasteiger partial charge in [0.05, 0.1) is 25.7 Å². The number of carbonyl (C=O) groups is 1. The van der Waals surface area contributed by atoms with Crippen molar-refractivity contribution in [2.45, 2.75) is 18.6 Å².